The molecule has 2 aromatic carbocycles. The molecule has 1 aromatic heterocycles. The summed E-state index contributed by atoms with van der Waals surface area (Å²) >= 11 is 6.46. The minimum absolute atomic E-state index is 0.224. The summed E-state index contributed by atoms with van der Waals surface area (Å²) in [6, 6.07) is 12.2. The van der Waals surface area contributed by atoms with E-state index >= 15 is 0 Å². The lowest BCUT2D eigenvalue weighted by Crippen LogP contribution is -2.15. The van der Waals surface area contributed by atoms with E-state index in [0.717, 1.165) is 16.5 Å². The predicted octanol–water partition coefficient (Wildman–Crippen LogP) is 6.49. The average Bonchev–Trinajstić information content (AvgIpc) is 3.57. The van der Waals surface area contributed by atoms with Gasteiger partial charge in [-0.05, 0) is 59.7 Å². The molecule has 2 atom stereocenters. The molecule has 174 valence electrons. The SMILES string of the molecule is Cc1cc(C(=O)CCC(F)(F)F)ccc1-c1cc(Cl)c2cnc(NC(=O)[C@H]3C[C@@H]3C#N)cc2c1. The van der Waals surface area contributed by atoms with Gasteiger partial charge in [0.25, 0.3) is 0 Å². The zero-order chi connectivity index (χ0) is 24.6. The third kappa shape index (κ3) is 5.20. The maximum atomic E-state index is 12.4. The van der Waals surface area contributed by atoms with Gasteiger partial charge in [-0.3, -0.25) is 9.59 Å². The lowest BCUT2D eigenvalue weighted by Gasteiger charge is -2.12. The summed E-state index contributed by atoms with van der Waals surface area (Å²) in [6.07, 6.45) is -4.03. The molecule has 4 rings (SSSR count). The van der Waals surface area contributed by atoms with Gasteiger partial charge in [0.05, 0.1) is 29.3 Å². The number of nitrogens with zero attached hydrogens (tertiary/aromatic N) is 2. The quantitative estimate of drug-likeness (QED) is 0.405. The zero-order valence-electron chi connectivity index (χ0n) is 18.0. The van der Waals surface area contributed by atoms with Gasteiger partial charge in [-0.2, -0.15) is 18.4 Å². The maximum Gasteiger partial charge on any atom is 0.389 e. The van der Waals surface area contributed by atoms with E-state index in [2.05, 4.69) is 16.4 Å². The van der Waals surface area contributed by atoms with Crippen LogP contribution in [0.3, 0.4) is 0 Å². The van der Waals surface area contributed by atoms with Crippen LogP contribution in [0.4, 0.5) is 19.0 Å². The van der Waals surface area contributed by atoms with Crippen molar-refractivity contribution in [2.45, 2.75) is 32.4 Å². The molecule has 1 heterocycles. The topological polar surface area (TPSA) is 82.8 Å². The normalized spacial score (nSPS) is 17.3. The molecule has 1 N–H and O–H groups in total. The van der Waals surface area contributed by atoms with E-state index < -0.39 is 24.8 Å². The highest BCUT2D eigenvalue weighted by Gasteiger charge is 2.43. The van der Waals surface area contributed by atoms with Gasteiger partial charge in [-0.15, -0.1) is 0 Å². The second-order valence-corrected chi connectivity index (χ2v) is 8.79. The van der Waals surface area contributed by atoms with Crippen molar-refractivity contribution in [2.24, 2.45) is 11.8 Å². The molecule has 1 saturated carbocycles. The van der Waals surface area contributed by atoms with Crippen molar-refractivity contribution in [1.82, 2.24) is 4.98 Å². The molecule has 5 nitrogen and oxygen atoms in total. The molecule has 0 bridgehead atoms. The van der Waals surface area contributed by atoms with Gasteiger partial charge < -0.3 is 5.32 Å². The van der Waals surface area contributed by atoms with Crippen LogP contribution in [0.2, 0.25) is 5.02 Å². The van der Waals surface area contributed by atoms with Crippen LogP contribution in [0, 0.1) is 30.1 Å². The third-order valence-corrected chi connectivity index (χ3v) is 6.14. The van der Waals surface area contributed by atoms with Crippen molar-refractivity contribution < 1.29 is 22.8 Å². The van der Waals surface area contributed by atoms with Crippen molar-refractivity contribution in [1.29, 1.82) is 5.26 Å². The first kappa shape index (κ1) is 23.7. The molecule has 0 aliphatic heterocycles. The number of rotatable bonds is 6. The average molecular weight is 486 g/mol. The van der Waals surface area contributed by atoms with Gasteiger partial charge in [0.15, 0.2) is 5.78 Å². The number of aromatic nitrogens is 1. The van der Waals surface area contributed by atoms with Crippen LogP contribution >= 0.6 is 11.6 Å². The number of anilines is 1. The number of halogens is 4. The van der Waals surface area contributed by atoms with Crippen LogP contribution in [0.15, 0.2) is 42.6 Å². The minimum Gasteiger partial charge on any atom is -0.310 e. The van der Waals surface area contributed by atoms with Crippen LogP contribution in [0.1, 0.15) is 35.2 Å². The van der Waals surface area contributed by atoms with Crippen LogP contribution in [0.5, 0.6) is 0 Å². The number of fused-ring (bicyclic) bond motifs is 1. The number of carbonyl (C=O) groups excluding carboxylic acids is 2. The predicted molar refractivity (Wildman–Crippen MR) is 122 cm³/mol. The van der Waals surface area contributed by atoms with E-state index in [0.29, 0.717) is 28.2 Å². The number of hydrogen-bond donors (Lipinski definition) is 1. The number of hydrogen-bond acceptors (Lipinski definition) is 4. The van der Waals surface area contributed by atoms with Gasteiger partial charge >= 0.3 is 6.18 Å². The molecular formula is C25H19ClF3N3O2. The number of nitriles is 1. The van der Waals surface area contributed by atoms with Crippen LogP contribution in [-0.2, 0) is 4.79 Å². The molecule has 9 heteroatoms. The van der Waals surface area contributed by atoms with E-state index in [-0.39, 0.29) is 23.3 Å². The molecule has 1 aliphatic rings. The highest BCUT2D eigenvalue weighted by molar-refractivity contribution is 6.36. The largest absolute Gasteiger partial charge is 0.389 e. The van der Waals surface area contributed by atoms with Crippen LogP contribution < -0.4 is 5.32 Å². The van der Waals surface area contributed by atoms with Crippen LogP contribution in [0.25, 0.3) is 21.9 Å². The Balaban J connectivity index is 1.59. The van der Waals surface area contributed by atoms with Gasteiger partial charge in [0.1, 0.15) is 5.82 Å². The Morgan fingerprint density at radius 3 is 2.65 bits per heavy atom. The van der Waals surface area contributed by atoms with Crippen molar-refractivity contribution in [3.63, 3.8) is 0 Å². The smallest absolute Gasteiger partial charge is 0.310 e. The highest BCUT2D eigenvalue weighted by atomic mass is 35.5. The Morgan fingerprint density at radius 2 is 2.00 bits per heavy atom. The Hall–Kier alpha value is -3.44. The summed E-state index contributed by atoms with van der Waals surface area (Å²) in [5.74, 6) is -1.05. The fraction of sp³-hybridized carbons (Fsp3) is 0.280. The van der Waals surface area contributed by atoms with Crippen molar-refractivity contribution in [3.8, 4) is 17.2 Å². The third-order valence-electron chi connectivity index (χ3n) is 5.83. The summed E-state index contributed by atoms with van der Waals surface area (Å²) in [6.45, 7) is 1.77. The summed E-state index contributed by atoms with van der Waals surface area (Å²) in [5, 5.41) is 13.5. The molecular weight excluding hydrogens is 467 g/mol. The fourth-order valence-electron chi connectivity index (χ4n) is 3.84. The van der Waals surface area contributed by atoms with Crippen LogP contribution in [-0.4, -0.2) is 22.9 Å². The number of ketones is 1. The lowest BCUT2D eigenvalue weighted by molar-refractivity contribution is -0.133. The number of Topliss-reactive ketones (excluding diaryl/α,β-unsaturated/α-hetero) is 1. The molecule has 0 saturated heterocycles. The Labute approximate surface area is 198 Å². The summed E-state index contributed by atoms with van der Waals surface area (Å²) in [4.78, 5) is 28.6. The number of alkyl halides is 3. The van der Waals surface area contributed by atoms with Gasteiger partial charge in [-0.25, -0.2) is 4.98 Å². The maximum absolute atomic E-state index is 12.4. The van der Waals surface area contributed by atoms with E-state index in [9.17, 15) is 22.8 Å². The first-order valence-electron chi connectivity index (χ1n) is 10.6. The van der Waals surface area contributed by atoms with Gasteiger partial charge in [0.2, 0.25) is 5.91 Å². The minimum atomic E-state index is -4.38. The Kier molecular flexibility index (Phi) is 6.32. The molecule has 0 unspecified atom stereocenters. The Bertz CT molecular complexity index is 1350. The standard InChI is InChI=1S/C25H19ClF3N3O2/c1-13-6-14(22(33)4-5-25(27,28)29)2-3-18(13)15-7-16-10-23(31-12-20(16)21(26)9-15)32-24(34)19-8-17(19)11-30/h2-3,6-7,9-10,12,17,19H,4-5,8H2,1H3,(H,31,32,34)/t17-,19+/m1/s1. The van der Waals surface area contributed by atoms with Crippen molar-refractivity contribution in [2.75, 3.05) is 5.32 Å². The Morgan fingerprint density at radius 1 is 1.24 bits per heavy atom. The van der Waals surface area contributed by atoms with E-state index in [4.69, 9.17) is 16.9 Å². The van der Waals surface area contributed by atoms with Crippen molar-refractivity contribution in [3.05, 3.63) is 58.7 Å². The molecule has 1 aliphatic carbocycles. The number of benzene rings is 2. The summed E-state index contributed by atoms with van der Waals surface area (Å²) in [7, 11) is 0. The second kappa shape index (κ2) is 9.07. The van der Waals surface area contributed by atoms with Crippen molar-refractivity contribution >= 4 is 39.9 Å². The number of aryl methyl sites for hydroxylation is 1. The lowest BCUT2D eigenvalue weighted by atomic mass is 9.95. The second-order valence-electron chi connectivity index (χ2n) is 8.38. The first-order valence-corrected chi connectivity index (χ1v) is 10.9. The molecule has 1 fully saturated rings. The number of nitrogens with one attached hydrogen (secondary N) is 1. The highest BCUT2D eigenvalue weighted by Crippen LogP contribution is 2.39. The van der Waals surface area contributed by atoms with E-state index in [1.807, 2.05) is 6.07 Å². The molecule has 1 amide bonds. The van der Waals surface area contributed by atoms with E-state index in [1.165, 1.54) is 6.07 Å². The molecule has 3 aromatic rings. The fourth-order valence-corrected chi connectivity index (χ4v) is 4.12. The molecule has 0 radical (unpaired) electrons. The monoisotopic (exact) mass is 485 g/mol. The zero-order valence-corrected chi connectivity index (χ0v) is 18.8. The van der Waals surface area contributed by atoms with E-state index in [1.54, 1.807) is 37.4 Å². The number of pyridine rings is 1. The first-order chi connectivity index (χ1) is 16.1. The summed E-state index contributed by atoms with van der Waals surface area (Å²) in [5.41, 5.74) is 2.46. The summed E-state index contributed by atoms with van der Waals surface area (Å²) < 4.78 is 37.3. The number of carbonyl (C=O) groups is 2. The van der Waals surface area contributed by atoms with Gasteiger partial charge in [-0.1, -0.05) is 23.7 Å². The molecule has 0 spiro atoms. The molecule has 34 heavy (non-hydrogen) atoms. The van der Waals surface area contributed by atoms with Gasteiger partial charge in [0, 0.05) is 23.6 Å². The number of amides is 1.